The Labute approximate surface area is 131 Å². The quantitative estimate of drug-likeness (QED) is 0.586. The van der Waals surface area contributed by atoms with Gasteiger partial charge in [0.25, 0.3) is 0 Å². The number of para-hydroxylation sites is 2. The molecule has 2 N–H and O–H groups in total. The monoisotopic (exact) mass is 273 g/mol. The van der Waals surface area contributed by atoms with Gasteiger partial charge in [-0.3, -0.25) is 0 Å². The molecular weight excluding hydrogens is 261 g/mol. The summed E-state index contributed by atoms with van der Waals surface area (Å²) >= 11 is -2.86. The number of nitrogens with one attached hydrogen (secondary N) is 1. The van der Waals surface area contributed by atoms with E-state index in [0.29, 0.717) is 0 Å². The molecule has 0 heterocycles. The average Bonchev–Trinajstić information content (AvgIpc) is 2.31. The minimum absolute atomic E-state index is 0. The molecule has 0 aromatic heterocycles. The van der Waals surface area contributed by atoms with E-state index in [9.17, 15) is 0 Å². The largest absolute Gasteiger partial charge is 1.00 e. The number of hydrogen-bond donors (Lipinski definition) is 2. The molecule has 1 atom stereocenters. The molecule has 90 valence electrons. The number of rotatable bonds is 2. The van der Waals surface area contributed by atoms with Gasteiger partial charge >= 0.3 is 29.6 Å². The van der Waals surface area contributed by atoms with Crippen LogP contribution in [-0.2, 0) is 11.4 Å². The van der Waals surface area contributed by atoms with Gasteiger partial charge in [-0.25, -0.2) is 4.21 Å². The fourth-order valence-electron chi connectivity index (χ4n) is 1.21. The summed E-state index contributed by atoms with van der Waals surface area (Å²) in [4.78, 5) is 0. The third kappa shape index (κ3) is 8.41. The predicted octanol–water partition coefficient (Wildman–Crippen LogP) is -0.227. The Morgan fingerprint density at radius 1 is 0.889 bits per heavy atom. The molecule has 0 bridgehead atoms. The standard InChI is InChI=1S/C12H11N.Na.H2O3S/c1-3-7-11(8-4-1)13-12-9-5-2-6-10-12;;1-4(2)3/h1-10,13H;;(H2,1,2,3)/q;+1;/p-1. The molecule has 18 heavy (non-hydrogen) atoms. The van der Waals surface area contributed by atoms with Crippen LogP contribution in [0.15, 0.2) is 60.7 Å². The number of benzene rings is 2. The van der Waals surface area contributed by atoms with Gasteiger partial charge < -0.3 is 14.4 Å². The van der Waals surface area contributed by atoms with Gasteiger partial charge in [-0.1, -0.05) is 36.4 Å². The minimum Gasteiger partial charge on any atom is -0.750 e. The summed E-state index contributed by atoms with van der Waals surface area (Å²) in [6.45, 7) is 0. The van der Waals surface area contributed by atoms with Crippen LogP contribution in [-0.4, -0.2) is 13.3 Å². The summed E-state index contributed by atoms with van der Waals surface area (Å²) in [6, 6.07) is 20.3. The van der Waals surface area contributed by atoms with Crippen LogP contribution in [0.5, 0.6) is 0 Å². The molecule has 0 aliphatic rings. The zero-order chi connectivity index (χ0) is 12.5. The molecule has 6 heteroatoms. The molecule has 0 spiro atoms. The fourth-order valence-corrected chi connectivity index (χ4v) is 1.21. The number of hydrogen-bond acceptors (Lipinski definition) is 3. The van der Waals surface area contributed by atoms with Crippen molar-refractivity contribution in [1.82, 2.24) is 0 Å². The average molecular weight is 273 g/mol. The third-order valence-electron chi connectivity index (χ3n) is 1.84. The van der Waals surface area contributed by atoms with Crippen molar-refractivity contribution < 1.29 is 42.9 Å². The van der Waals surface area contributed by atoms with E-state index < -0.39 is 11.4 Å². The Morgan fingerprint density at radius 2 is 1.17 bits per heavy atom. The molecule has 0 saturated heterocycles. The molecule has 2 aromatic rings. The molecule has 0 fully saturated rings. The van der Waals surface area contributed by atoms with Gasteiger partial charge in [-0.05, 0) is 24.3 Å². The molecular formula is C12H12NNaO3S. The van der Waals surface area contributed by atoms with Crippen LogP contribution in [0.1, 0.15) is 0 Å². The van der Waals surface area contributed by atoms with Crippen LogP contribution in [0.4, 0.5) is 11.4 Å². The van der Waals surface area contributed by atoms with E-state index in [0.717, 1.165) is 11.4 Å². The third-order valence-corrected chi connectivity index (χ3v) is 1.84. The van der Waals surface area contributed by atoms with E-state index in [1.807, 2.05) is 60.7 Å². The van der Waals surface area contributed by atoms with Crippen LogP contribution < -0.4 is 34.9 Å². The Bertz CT molecular complexity index is 412. The molecule has 0 radical (unpaired) electrons. The van der Waals surface area contributed by atoms with Crippen molar-refractivity contribution in [3.05, 3.63) is 60.7 Å². The summed E-state index contributed by atoms with van der Waals surface area (Å²) in [5, 5.41) is 3.30. The molecule has 2 aromatic carbocycles. The molecule has 0 aliphatic carbocycles. The van der Waals surface area contributed by atoms with E-state index in [4.69, 9.17) is 13.3 Å². The fraction of sp³-hybridized carbons (Fsp3) is 0. The Morgan fingerprint density at radius 3 is 1.44 bits per heavy atom. The second-order valence-electron chi connectivity index (χ2n) is 3.07. The summed E-state index contributed by atoms with van der Waals surface area (Å²) in [7, 11) is 0. The van der Waals surface area contributed by atoms with Crippen molar-refractivity contribution in [3.8, 4) is 0 Å². The van der Waals surface area contributed by atoms with Crippen molar-refractivity contribution >= 4 is 22.7 Å². The summed E-state index contributed by atoms with van der Waals surface area (Å²) < 4.78 is 24.1. The topological polar surface area (TPSA) is 72.4 Å². The molecule has 2 rings (SSSR count). The zero-order valence-electron chi connectivity index (χ0n) is 9.95. The van der Waals surface area contributed by atoms with E-state index in [1.54, 1.807) is 0 Å². The second-order valence-corrected chi connectivity index (χ2v) is 3.51. The first-order valence-corrected chi connectivity index (χ1v) is 5.87. The van der Waals surface area contributed by atoms with E-state index in [2.05, 4.69) is 5.32 Å². The van der Waals surface area contributed by atoms with Crippen LogP contribution in [0, 0.1) is 0 Å². The van der Waals surface area contributed by atoms with Gasteiger partial charge in [-0.2, -0.15) is 0 Å². The van der Waals surface area contributed by atoms with E-state index in [-0.39, 0.29) is 29.6 Å². The van der Waals surface area contributed by atoms with Gasteiger partial charge in [0, 0.05) is 11.4 Å². The first kappa shape index (κ1) is 17.3. The van der Waals surface area contributed by atoms with E-state index in [1.165, 1.54) is 0 Å². The minimum atomic E-state index is -2.86. The molecule has 0 aliphatic heterocycles. The molecule has 0 saturated carbocycles. The Balaban J connectivity index is 0.000000512. The molecule has 4 nitrogen and oxygen atoms in total. The first-order chi connectivity index (χ1) is 8.18. The zero-order valence-corrected chi connectivity index (χ0v) is 12.8. The van der Waals surface area contributed by atoms with Gasteiger partial charge in [0.1, 0.15) is 0 Å². The maximum absolute atomic E-state index is 8.56. The van der Waals surface area contributed by atoms with Crippen LogP contribution in [0.25, 0.3) is 0 Å². The van der Waals surface area contributed by atoms with Crippen molar-refractivity contribution in [2.45, 2.75) is 0 Å². The van der Waals surface area contributed by atoms with Gasteiger partial charge in [0.15, 0.2) is 0 Å². The second kappa shape index (κ2) is 10.3. The predicted molar refractivity (Wildman–Crippen MR) is 67.7 cm³/mol. The summed E-state index contributed by atoms with van der Waals surface area (Å²) in [6.07, 6.45) is 0. The van der Waals surface area contributed by atoms with Gasteiger partial charge in [0.2, 0.25) is 0 Å². The Hall–Kier alpha value is -0.690. The van der Waals surface area contributed by atoms with Crippen molar-refractivity contribution in [2.75, 3.05) is 5.32 Å². The molecule has 0 amide bonds. The first-order valence-electron chi connectivity index (χ1n) is 4.84. The van der Waals surface area contributed by atoms with E-state index >= 15 is 0 Å². The van der Waals surface area contributed by atoms with Crippen molar-refractivity contribution in [2.24, 2.45) is 0 Å². The van der Waals surface area contributed by atoms with Crippen LogP contribution in [0.3, 0.4) is 0 Å². The van der Waals surface area contributed by atoms with Crippen molar-refractivity contribution in [1.29, 1.82) is 0 Å². The van der Waals surface area contributed by atoms with Crippen LogP contribution in [0.2, 0.25) is 0 Å². The molecule has 1 unspecified atom stereocenters. The summed E-state index contributed by atoms with van der Waals surface area (Å²) in [5.74, 6) is 0. The Kier molecular flexibility index (Phi) is 9.86. The van der Waals surface area contributed by atoms with Crippen LogP contribution >= 0.6 is 0 Å². The van der Waals surface area contributed by atoms with Crippen molar-refractivity contribution in [3.63, 3.8) is 0 Å². The summed E-state index contributed by atoms with van der Waals surface area (Å²) in [5.41, 5.74) is 2.24. The smallest absolute Gasteiger partial charge is 0.750 e. The van der Waals surface area contributed by atoms with Gasteiger partial charge in [-0.15, -0.1) is 0 Å². The SMILES string of the molecule is O=S([O-])O.[Na+].c1ccc(Nc2ccccc2)cc1. The maximum atomic E-state index is 8.56. The van der Waals surface area contributed by atoms with Gasteiger partial charge in [0.05, 0.1) is 11.4 Å². The maximum Gasteiger partial charge on any atom is 1.00 e. The normalized spacial score (nSPS) is 10.3. The number of anilines is 2.